The van der Waals surface area contributed by atoms with Gasteiger partial charge in [0, 0.05) is 26.9 Å². The van der Waals surface area contributed by atoms with Gasteiger partial charge in [-0.2, -0.15) is 10.4 Å². The summed E-state index contributed by atoms with van der Waals surface area (Å²) >= 11 is 12.1. The van der Waals surface area contributed by atoms with Gasteiger partial charge >= 0.3 is 0 Å². The van der Waals surface area contributed by atoms with Crippen LogP contribution in [-0.4, -0.2) is 15.7 Å². The number of nitrogens with zero attached hydrogens (tertiary/aromatic N) is 3. The SMILES string of the molecule is Cc1cc(C)n(C(=O)/C(C#N)=C/c2ccccc2OCc2ccc(Cl)cc2Cl)n1. The minimum absolute atomic E-state index is 0.0447. The molecule has 0 fully saturated rings. The van der Waals surface area contributed by atoms with Gasteiger partial charge in [-0.05, 0) is 44.2 Å². The number of rotatable bonds is 5. The topological polar surface area (TPSA) is 67.9 Å². The normalized spacial score (nSPS) is 11.2. The van der Waals surface area contributed by atoms with Gasteiger partial charge in [0.05, 0.1) is 5.69 Å². The number of hydrogen-bond donors (Lipinski definition) is 0. The van der Waals surface area contributed by atoms with Crippen LogP contribution in [0.15, 0.2) is 54.1 Å². The Kier molecular flexibility index (Phi) is 6.38. The van der Waals surface area contributed by atoms with E-state index in [4.69, 9.17) is 27.9 Å². The summed E-state index contributed by atoms with van der Waals surface area (Å²) < 4.78 is 7.11. The summed E-state index contributed by atoms with van der Waals surface area (Å²) in [6.07, 6.45) is 1.50. The zero-order valence-electron chi connectivity index (χ0n) is 15.8. The molecule has 0 unspecified atom stereocenters. The highest BCUT2D eigenvalue weighted by Gasteiger charge is 2.16. The Morgan fingerprint density at radius 3 is 2.62 bits per heavy atom. The van der Waals surface area contributed by atoms with Crippen LogP contribution in [0.4, 0.5) is 0 Å². The maximum Gasteiger partial charge on any atom is 0.289 e. The third-order valence-corrected chi connectivity index (χ3v) is 4.76. The highest BCUT2D eigenvalue weighted by Crippen LogP contribution is 2.26. The van der Waals surface area contributed by atoms with Crippen molar-refractivity contribution in [2.45, 2.75) is 20.5 Å². The molecule has 3 rings (SSSR count). The van der Waals surface area contributed by atoms with E-state index in [-0.39, 0.29) is 12.2 Å². The summed E-state index contributed by atoms with van der Waals surface area (Å²) in [6.45, 7) is 3.77. The molecule has 0 bridgehead atoms. The molecule has 0 N–H and O–H groups in total. The maximum absolute atomic E-state index is 12.7. The minimum Gasteiger partial charge on any atom is -0.488 e. The van der Waals surface area contributed by atoms with E-state index >= 15 is 0 Å². The first-order chi connectivity index (χ1) is 13.9. The van der Waals surface area contributed by atoms with Crippen LogP contribution < -0.4 is 4.74 Å². The fourth-order valence-electron chi connectivity index (χ4n) is 2.77. The Bertz CT molecular complexity index is 1140. The zero-order valence-corrected chi connectivity index (χ0v) is 17.3. The summed E-state index contributed by atoms with van der Waals surface area (Å²) in [5.74, 6) is 0.0288. The number of aromatic nitrogens is 2. The molecule has 0 aliphatic carbocycles. The lowest BCUT2D eigenvalue weighted by molar-refractivity contribution is 0.0943. The van der Waals surface area contributed by atoms with Crippen LogP contribution in [0.25, 0.3) is 6.08 Å². The lowest BCUT2D eigenvalue weighted by Gasteiger charge is -2.11. The van der Waals surface area contributed by atoms with Crippen LogP contribution in [-0.2, 0) is 6.61 Å². The number of ether oxygens (including phenoxy) is 1. The van der Waals surface area contributed by atoms with Gasteiger partial charge in [-0.3, -0.25) is 4.79 Å². The molecule has 0 radical (unpaired) electrons. The first-order valence-corrected chi connectivity index (χ1v) is 9.50. The quantitative estimate of drug-likeness (QED) is 0.392. The van der Waals surface area contributed by atoms with Crippen LogP contribution in [0, 0.1) is 25.2 Å². The number of benzene rings is 2. The number of para-hydroxylation sites is 1. The zero-order chi connectivity index (χ0) is 21.0. The molecule has 2 aromatic carbocycles. The van der Waals surface area contributed by atoms with E-state index in [1.165, 1.54) is 10.8 Å². The number of halogens is 2. The number of nitriles is 1. The van der Waals surface area contributed by atoms with Gasteiger partial charge in [-0.1, -0.05) is 47.5 Å². The van der Waals surface area contributed by atoms with Gasteiger partial charge in [0.15, 0.2) is 0 Å². The minimum atomic E-state index is -0.492. The van der Waals surface area contributed by atoms with Crippen molar-refractivity contribution in [1.82, 2.24) is 9.78 Å². The molecular weight excluding hydrogens is 409 g/mol. The van der Waals surface area contributed by atoms with Crippen LogP contribution >= 0.6 is 23.2 Å². The summed E-state index contributed by atoms with van der Waals surface area (Å²) in [7, 11) is 0. The molecule has 1 heterocycles. The largest absolute Gasteiger partial charge is 0.488 e. The van der Waals surface area contributed by atoms with Crippen molar-refractivity contribution in [1.29, 1.82) is 5.26 Å². The molecule has 5 nitrogen and oxygen atoms in total. The van der Waals surface area contributed by atoms with E-state index in [1.54, 1.807) is 56.3 Å². The van der Waals surface area contributed by atoms with Gasteiger partial charge in [0.1, 0.15) is 24.0 Å². The molecule has 7 heteroatoms. The maximum atomic E-state index is 12.7. The summed E-state index contributed by atoms with van der Waals surface area (Å²) in [5, 5.41) is 14.7. The van der Waals surface area contributed by atoms with Gasteiger partial charge in [-0.15, -0.1) is 0 Å². The van der Waals surface area contributed by atoms with Crippen molar-refractivity contribution < 1.29 is 9.53 Å². The summed E-state index contributed by atoms with van der Waals surface area (Å²) in [6, 6.07) is 16.1. The number of carbonyl (C=O) groups excluding carboxylic acids is 1. The van der Waals surface area contributed by atoms with Crippen molar-refractivity contribution >= 4 is 35.2 Å². The third kappa shape index (κ3) is 4.86. The molecule has 0 amide bonds. The van der Waals surface area contributed by atoms with Gasteiger partial charge in [-0.25, -0.2) is 4.68 Å². The van der Waals surface area contributed by atoms with Crippen LogP contribution in [0.3, 0.4) is 0 Å². The standard InChI is InChI=1S/C22H17Cl2N3O2/c1-14-9-15(2)27(26-14)22(28)18(12-25)10-16-5-3-4-6-21(16)29-13-17-7-8-19(23)11-20(17)24/h3-11H,13H2,1-2H3/b18-10+. The van der Waals surface area contributed by atoms with Crippen molar-refractivity contribution in [3.05, 3.63) is 86.7 Å². The fraction of sp³-hybridized carbons (Fsp3) is 0.136. The van der Waals surface area contributed by atoms with Crippen molar-refractivity contribution in [3.8, 4) is 11.8 Å². The molecule has 0 saturated heterocycles. The molecular formula is C22H17Cl2N3O2. The second kappa shape index (κ2) is 8.95. The predicted molar refractivity (Wildman–Crippen MR) is 113 cm³/mol. The Labute approximate surface area is 178 Å². The fourth-order valence-corrected chi connectivity index (χ4v) is 3.23. The van der Waals surface area contributed by atoms with E-state index < -0.39 is 5.91 Å². The molecule has 3 aromatic rings. The van der Waals surface area contributed by atoms with Crippen molar-refractivity contribution in [2.75, 3.05) is 0 Å². The number of allylic oxidation sites excluding steroid dienone is 1. The number of hydrogen-bond acceptors (Lipinski definition) is 4. The van der Waals surface area contributed by atoms with E-state index in [2.05, 4.69) is 5.10 Å². The van der Waals surface area contributed by atoms with E-state index in [0.29, 0.717) is 32.7 Å². The van der Waals surface area contributed by atoms with E-state index in [0.717, 1.165) is 5.56 Å². The molecule has 0 spiro atoms. The first kappa shape index (κ1) is 20.7. The average molecular weight is 426 g/mol. The molecule has 146 valence electrons. The second-order valence-electron chi connectivity index (χ2n) is 6.38. The van der Waals surface area contributed by atoms with E-state index in [9.17, 15) is 10.1 Å². The van der Waals surface area contributed by atoms with Crippen molar-refractivity contribution in [3.63, 3.8) is 0 Å². The number of carbonyl (C=O) groups is 1. The third-order valence-electron chi connectivity index (χ3n) is 4.17. The van der Waals surface area contributed by atoms with Gasteiger partial charge in [0.2, 0.25) is 0 Å². The lowest BCUT2D eigenvalue weighted by Crippen LogP contribution is -2.15. The monoisotopic (exact) mass is 425 g/mol. The molecule has 29 heavy (non-hydrogen) atoms. The average Bonchev–Trinajstić information content (AvgIpc) is 3.03. The van der Waals surface area contributed by atoms with E-state index in [1.807, 2.05) is 12.1 Å². The second-order valence-corrected chi connectivity index (χ2v) is 7.22. The lowest BCUT2D eigenvalue weighted by atomic mass is 10.1. The Hall–Kier alpha value is -3.07. The summed E-state index contributed by atoms with van der Waals surface area (Å²) in [5.41, 5.74) is 2.70. The number of aryl methyl sites for hydroxylation is 2. The molecule has 0 aliphatic heterocycles. The smallest absolute Gasteiger partial charge is 0.289 e. The predicted octanol–water partition coefficient (Wildman–Crippen LogP) is 5.63. The van der Waals surface area contributed by atoms with Gasteiger partial charge < -0.3 is 4.74 Å². The van der Waals surface area contributed by atoms with Crippen LogP contribution in [0.2, 0.25) is 10.0 Å². The molecule has 1 aromatic heterocycles. The highest BCUT2D eigenvalue weighted by atomic mass is 35.5. The Balaban J connectivity index is 1.88. The highest BCUT2D eigenvalue weighted by molar-refractivity contribution is 6.35. The molecule has 0 saturated carbocycles. The molecule has 0 atom stereocenters. The van der Waals surface area contributed by atoms with Crippen LogP contribution in [0.5, 0.6) is 5.75 Å². The first-order valence-electron chi connectivity index (χ1n) is 8.74. The Morgan fingerprint density at radius 2 is 1.97 bits per heavy atom. The van der Waals surface area contributed by atoms with Gasteiger partial charge in [0.25, 0.3) is 5.91 Å². The van der Waals surface area contributed by atoms with Crippen molar-refractivity contribution in [2.24, 2.45) is 0 Å². The summed E-state index contributed by atoms with van der Waals surface area (Å²) in [4.78, 5) is 12.7. The van der Waals surface area contributed by atoms with Crippen LogP contribution in [0.1, 0.15) is 27.3 Å². The Morgan fingerprint density at radius 1 is 1.21 bits per heavy atom. The molecule has 0 aliphatic rings.